The van der Waals surface area contributed by atoms with Gasteiger partial charge in [0, 0.05) is 5.69 Å². The van der Waals surface area contributed by atoms with E-state index in [-0.39, 0.29) is 5.97 Å². The molecule has 1 fully saturated rings. The molecule has 18 heavy (non-hydrogen) atoms. The summed E-state index contributed by atoms with van der Waals surface area (Å²) in [4.78, 5) is 13.6. The first-order chi connectivity index (χ1) is 8.54. The highest BCUT2D eigenvalue weighted by Gasteiger charge is 2.41. The number of hydrogen-bond acceptors (Lipinski definition) is 6. The number of carbonyl (C=O) groups excluding carboxylic acids is 1. The molecule has 6 heteroatoms. The number of rotatable bonds is 2. The summed E-state index contributed by atoms with van der Waals surface area (Å²) in [6.07, 6.45) is -0.448. The van der Waals surface area contributed by atoms with E-state index < -0.39 is 11.5 Å². The van der Waals surface area contributed by atoms with Gasteiger partial charge in [-0.3, -0.25) is 0 Å². The molecule has 96 valence electrons. The van der Waals surface area contributed by atoms with Gasteiger partial charge in [-0.25, -0.2) is 4.79 Å². The minimum Gasteiger partial charge on any atom is -0.467 e. The van der Waals surface area contributed by atoms with Crippen LogP contribution < -0.4 is 10.6 Å². The van der Waals surface area contributed by atoms with Crippen LogP contribution in [0.3, 0.4) is 0 Å². The van der Waals surface area contributed by atoms with Gasteiger partial charge in [0.1, 0.15) is 6.17 Å². The van der Waals surface area contributed by atoms with Crippen molar-refractivity contribution in [2.45, 2.75) is 18.5 Å². The fraction of sp³-hybridized carbons (Fsp3) is 0.333. The Balaban J connectivity index is 2.38. The number of anilines is 1. The number of ether oxygens (including phenoxy) is 1. The van der Waals surface area contributed by atoms with Gasteiger partial charge in [-0.2, -0.15) is 0 Å². The van der Waals surface area contributed by atoms with E-state index in [2.05, 4.69) is 0 Å². The summed E-state index contributed by atoms with van der Waals surface area (Å²) in [7, 11) is 1.37. The minimum absolute atomic E-state index is 0.336. The van der Waals surface area contributed by atoms with Crippen LogP contribution in [0.1, 0.15) is 5.56 Å². The number of nitrogens with zero attached hydrogens (tertiary/aromatic N) is 1. The lowest BCUT2D eigenvalue weighted by molar-refractivity contribution is -0.139. The molecule has 1 aliphatic heterocycles. The zero-order valence-electron chi connectivity index (χ0n) is 10.1. The van der Waals surface area contributed by atoms with Crippen molar-refractivity contribution >= 4 is 39.8 Å². The standard InChI is InChI=1S/C12H14N2O2S2/c1-7-4-3-5-8(6-7)14-9(13)12(17)18-10(14)11(15)16-2/h3-6,9-10H,13H2,1-2H3. The molecule has 1 aliphatic rings. The normalized spacial score (nSPS) is 23.3. The van der Waals surface area contributed by atoms with Crippen LogP contribution in [-0.4, -0.2) is 28.8 Å². The highest BCUT2D eigenvalue weighted by Crippen LogP contribution is 2.35. The van der Waals surface area contributed by atoms with Crippen LogP contribution in [0.2, 0.25) is 0 Å². The summed E-state index contributed by atoms with van der Waals surface area (Å²) < 4.78 is 5.40. The SMILES string of the molecule is COC(=O)C1SC(=S)C(N)N1c1cccc(C)c1. The number of aryl methyl sites for hydroxylation is 1. The average Bonchev–Trinajstić information content (AvgIpc) is 2.65. The van der Waals surface area contributed by atoms with Gasteiger partial charge in [0.25, 0.3) is 0 Å². The zero-order valence-corrected chi connectivity index (χ0v) is 11.8. The third kappa shape index (κ3) is 2.36. The number of benzene rings is 1. The Bertz CT molecular complexity index is 493. The molecule has 2 unspecified atom stereocenters. The molecule has 0 radical (unpaired) electrons. The van der Waals surface area contributed by atoms with Crippen molar-refractivity contribution in [3.63, 3.8) is 0 Å². The van der Waals surface area contributed by atoms with Crippen LogP contribution in [0.15, 0.2) is 24.3 Å². The Morgan fingerprint density at radius 2 is 2.28 bits per heavy atom. The molecule has 1 aromatic carbocycles. The lowest BCUT2D eigenvalue weighted by Gasteiger charge is -2.27. The third-order valence-electron chi connectivity index (χ3n) is 2.72. The van der Waals surface area contributed by atoms with Crippen molar-refractivity contribution in [3.8, 4) is 0 Å². The predicted molar refractivity (Wildman–Crippen MR) is 77.6 cm³/mol. The molecular formula is C12H14N2O2S2. The lowest BCUT2D eigenvalue weighted by Crippen LogP contribution is -2.46. The quantitative estimate of drug-likeness (QED) is 0.657. The summed E-state index contributed by atoms with van der Waals surface area (Å²) in [6, 6.07) is 7.81. The first kappa shape index (κ1) is 13.3. The molecule has 1 aromatic rings. The first-order valence-electron chi connectivity index (χ1n) is 5.43. The number of thioether (sulfide) groups is 1. The Morgan fingerprint density at radius 3 is 2.89 bits per heavy atom. The highest BCUT2D eigenvalue weighted by atomic mass is 32.2. The molecular weight excluding hydrogens is 268 g/mol. The smallest absolute Gasteiger partial charge is 0.339 e. The maximum Gasteiger partial charge on any atom is 0.339 e. The van der Waals surface area contributed by atoms with E-state index >= 15 is 0 Å². The van der Waals surface area contributed by atoms with Gasteiger partial charge >= 0.3 is 5.97 Å². The second-order valence-corrected chi connectivity index (χ2v) is 5.82. The molecule has 1 saturated heterocycles. The number of methoxy groups -OCH3 is 1. The molecule has 2 atom stereocenters. The highest BCUT2D eigenvalue weighted by molar-refractivity contribution is 8.24. The maximum absolute atomic E-state index is 11.8. The van der Waals surface area contributed by atoms with Crippen molar-refractivity contribution in [2.75, 3.05) is 12.0 Å². The average molecular weight is 282 g/mol. The van der Waals surface area contributed by atoms with Crippen molar-refractivity contribution in [1.29, 1.82) is 0 Å². The Labute approximate surface area is 115 Å². The zero-order chi connectivity index (χ0) is 13.3. The molecule has 2 N–H and O–H groups in total. The summed E-state index contributed by atoms with van der Waals surface area (Å²) in [6.45, 7) is 1.99. The Morgan fingerprint density at radius 1 is 1.56 bits per heavy atom. The molecule has 0 spiro atoms. The van der Waals surface area contributed by atoms with Gasteiger partial charge in [0.2, 0.25) is 0 Å². The summed E-state index contributed by atoms with van der Waals surface area (Å²) in [5.74, 6) is -0.336. The molecule has 0 bridgehead atoms. The predicted octanol–water partition coefficient (Wildman–Crippen LogP) is 1.66. The van der Waals surface area contributed by atoms with Gasteiger partial charge < -0.3 is 15.4 Å². The number of esters is 1. The van der Waals surface area contributed by atoms with Gasteiger partial charge in [-0.1, -0.05) is 36.1 Å². The van der Waals surface area contributed by atoms with Crippen LogP contribution in [0.25, 0.3) is 0 Å². The Hall–Kier alpha value is -1.11. The monoisotopic (exact) mass is 282 g/mol. The summed E-state index contributed by atoms with van der Waals surface area (Å²) >= 11 is 6.46. The van der Waals surface area contributed by atoms with Crippen molar-refractivity contribution in [1.82, 2.24) is 0 Å². The fourth-order valence-corrected chi connectivity index (χ4v) is 3.26. The molecule has 0 saturated carbocycles. The van der Waals surface area contributed by atoms with Crippen LogP contribution in [0.4, 0.5) is 5.69 Å². The van der Waals surface area contributed by atoms with Crippen LogP contribution in [0.5, 0.6) is 0 Å². The number of hydrogen-bond donors (Lipinski definition) is 1. The molecule has 1 heterocycles. The van der Waals surface area contributed by atoms with Crippen LogP contribution in [0, 0.1) is 6.92 Å². The topological polar surface area (TPSA) is 55.6 Å². The third-order valence-corrected chi connectivity index (χ3v) is 4.37. The molecule has 0 aromatic heterocycles. The van der Waals surface area contributed by atoms with Gasteiger partial charge in [-0.15, -0.1) is 0 Å². The lowest BCUT2D eigenvalue weighted by atomic mass is 10.2. The molecule has 2 rings (SSSR count). The van der Waals surface area contributed by atoms with Crippen LogP contribution in [-0.2, 0) is 9.53 Å². The van der Waals surface area contributed by atoms with Gasteiger partial charge in [0.15, 0.2) is 5.37 Å². The second-order valence-electron chi connectivity index (χ2n) is 4.00. The van der Waals surface area contributed by atoms with E-state index in [0.717, 1.165) is 11.3 Å². The minimum atomic E-state index is -0.501. The van der Waals surface area contributed by atoms with E-state index in [9.17, 15) is 4.79 Å². The molecule has 0 aliphatic carbocycles. The van der Waals surface area contributed by atoms with E-state index in [1.807, 2.05) is 31.2 Å². The van der Waals surface area contributed by atoms with E-state index in [1.165, 1.54) is 18.9 Å². The van der Waals surface area contributed by atoms with E-state index in [4.69, 9.17) is 22.7 Å². The van der Waals surface area contributed by atoms with Gasteiger partial charge in [-0.05, 0) is 24.6 Å². The van der Waals surface area contributed by atoms with Crippen LogP contribution >= 0.6 is 24.0 Å². The van der Waals surface area contributed by atoms with Crippen molar-refractivity contribution in [2.24, 2.45) is 5.73 Å². The second kappa shape index (κ2) is 5.26. The van der Waals surface area contributed by atoms with E-state index in [1.54, 1.807) is 4.90 Å². The maximum atomic E-state index is 11.8. The largest absolute Gasteiger partial charge is 0.467 e. The Kier molecular flexibility index (Phi) is 3.89. The number of nitrogens with two attached hydrogens (primary N) is 1. The first-order valence-corrected chi connectivity index (χ1v) is 6.72. The molecule has 4 nitrogen and oxygen atoms in total. The fourth-order valence-electron chi connectivity index (χ4n) is 1.84. The number of carbonyl (C=O) groups is 1. The van der Waals surface area contributed by atoms with Gasteiger partial charge in [0.05, 0.1) is 11.3 Å². The number of thiocarbonyl (C=S) groups is 1. The van der Waals surface area contributed by atoms with E-state index in [0.29, 0.717) is 4.20 Å². The summed E-state index contributed by atoms with van der Waals surface area (Å²) in [5.41, 5.74) is 8.03. The van der Waals surface area contributed by atoms with Crippen molar-refractivity contribution < 1.29 is 9.53 Å². The molecule has 0 amide bonds. The summed E-state index contributed by atoms with van der Waals surface area (Å²) in [5, 5.41) is -0.501. The van der Waals surface area contributed by atoms with Crippen molar-refractivity contribution in [3.05, 3.63) is 29.8 Å².